The largest absolute Gasteiger partial charge is 0.469 e. The monoisotopic (exact) mass is 294 g/mol. The number of hydrogen-bond acceptors (Lipinski definition) is 2. The number of nitrogens with one attached hydrogen (secondary N) is 2. The maximum absolute atomic E-state index is 5.90. The molecule has 0 saturated heterocycles. The first-order valence-electron chi connectivity index (χ1n) is 6.07. The Morgan fingerprint density at radius 3 is 2.89 bits per heavy atom. The Morgan fingerprint density at radius 1 is 1.26 bits per heavy atom. The van der Waals surface area contributed by atoms with Crippen LogP contribution in [0.5, 0.6) is 0 Å². The molecule has 19 heavy (non-hydrogen) atoms. The van der Waals surface area contributed by atoms with Gasteiger partial charge in [-0.05, 0) is 49.0 Å². The van der Waals surface area contributed by atoms with E-state index >= 15 is 0 Å². The highest BCUT2D eigenvalue weighted by Gasteiger charge is 1.99. The van der Waals surface area contributed by atoms with Crippen LogP contribution in [-0.4, -0.2) is 11.7 Å². The number of thiocarbonyl (C=S) groups is 1. The smallest absolute Gasteiger partial charge is 0.170 e. The standard InChI is InChI=1S/C14H15ClN2OS/c15-11-4-1-5-12(10-11)17-14(19)16-8-2-6-13-7-3-9-18-13/h1,3-5,7,9-10H,2,6,8H2,(H2,16,17,19). The molecule has 0 aliphatic rings. The second-order valence-corrected chi connectivity index (χ2v) is 4.92. The van der Waals surface area contributed by atoms with Crippen molar-refractivity contribution in [3.05, 3.63) is 53.4 Å². The number of hydrogen-bond donors (Lipinski definition) is 2. The fourth-order valence-corrected chi connectivity index (χ4v) is 2.07. The van der Waals surface area contributed by atoms with E-state index in [1.165, 1.54) is 0 Å². The van der Waals surface area contributed by atoms with Gasteiger partial charge < -0.3 is 15.1 Å². The van der Waals surface area contributed by atoms with Crippen LogP contribution in [0.3, 0.4) is 0 Å². The van der Waals surface area contributed by atoms with Crippen molar-refractivity contribution in [3.8, 4) is 0 Å². The van der Waals surface area contributed by atoms with Crippen molar-refractivity contribution < 1.29 is 4.42 Å². The molecule has 1 aromatic carbocycles. The molecule has 1 aromatic heterocycles. The molecular formula is C14H15ClN2OS. The lowest BCUT2D eigenvalue weighted by Gasteiger charge is -2.10. The third-order valence-electron chi connectivity index (χ3n) is 2.55. The normalized spacial score (nSPS) is 10.2. The molecule has 3 nitrogen and oxygen atoms in total. The molecule has 0 fully saturated rings. The van der Waals surface area contributed by atoms with Gasteiger partial charge in [0.25, 0.3) is 0 Å². The summed E-state index contributed by atoms with van der Waals surface area (Å²) in [7, 11) is 0. The molecule has 0 aliphatic heterocycles. The van der Waals surface area contributed by atoms with Crippen molar-refractivity contribution in [3.63, 3.8) is 0 Å². The summed E-state index contributed by atoms with van der Waals surface area (Å²) < 4.78 is 5.26. The van der Waals surface area contributed by atoms with E-state index in [0.29, 0.717) is 10.1 Å². The predicted octanol–water partition coefficient (Wildman–Crippen LogP) is 3.85. The number of halogens is 1. The first kappa shape index (κ1) is 13.9. The highest BCUT2D eigenvalue weighted by Crippen LogP contribution is 2.14. The summed E-state index contributed by atoms with van der Waals surface area (Å²) >= 11 is 11.1. The summed E-state index contributed by atoms with van der Waals surface area (Å²) in [5, 5.41) is 7.52. The Labute approximate surface area is 123 Å². The molecule has 0 spiro atoms. The first-order chi connectivity index (χ1) is 9.24. The molecule has 0 aliphatic carbocycles. The third kappa shape index (κ3) is 4.93. The van der Waals surface area contributed by atoms with Gasteiger partial charge in [0, 0.05) is 23.7 Å². The lowest BCUT2D eigenvalue weighted by molar-refractivity contribution is 0.501. The van der Waals surface area contributed by atoms with E-state index in [1.54, 1.807) is 6.26 Å². The number of furan rings is 1. The third-order valence-corrected chi connectivity index (χ3v) is 3.03. The fraction of sp³-hybridized carbons (Fsp3) is 0.214. The van der Waals surface area contributed by atoms with E-state index in [4.69, 9.17) is 28.2 Å². The zero-order valence-corrected chi connectivity index (χ0v) is 11.9. The van der Waals surface area contributed by atoms with Gasteiger partial charge in [0.1, 0.15) is 5.76 Å². The molecule has 5 heteroatoms. The van der Waals surface area contributed by atoms with Crippen molar-refractivity contribution in [2.45, 2.75) is 12.8 Å². The molecule has 2 rings (SSSR count). The lowest BCUT2D eigenvalue weighted by atomic mass is 10.2. The Kier molecular flexibility index (Phi) is 5.24. The molecule has 1 heterocycles. The summed E-state index contributed by atoms with van der Waals surface area (Å²) in [6.45, 7) is 0.799. The average molecular weight is 295 g/mol. The predicted molar refractivity (Wildman–Crippen MR) is 82.7 cm³/mol. The maximum atomic E-state index is 5.90. The van der Waals surface area contributed by atoms with Gasteiger partial charge in [0.2, 0.25) is 0 Å². The van der Waals surface area contributed by atoms with Crippen LogP contribution in [-0.2, 0) is 6.42 Å². The van der Waals surface area contributed by atoms with E-state index in [-0.39, 0.29) is 0 Å². The molecule has 0 bridgehead atoms. The van der Waals surface area contributed by atoms with Crippen LogP contribution < -0.4 is 10.6 Å². The van der Waals surface area contributed by atoms with E-state index in [9.17, 15) is 0 Å². The number of anilines is 1. The van der Waals surface area contributed by atoms with Gasteiger partial charge >= 0.3 is 0 Å². The molecule has 0 radical (unpaired) electrons. The molecule has 100 valence electrons. The highest BCUT2D eigenvalue weighted by atomic mass is 35.5. The van der Waals surface area contributed by atoms with Crippen LogP contribution in [0.2, 0.25) is 5.02 Å². The number of benzene rings is 1. The maximum Gasteiger partial charge on any atom is 0.170 e. The minimum absolute atomic E-state index is 0.599. The summed E-state index contributed by atoms with van der Waals surface area (Å²) in [4.78, 5) is 0. The zero-order valence-electron chi connectivity index (χ0n) is 10.4. The van der Waals surface area contributed by atoms with Crippen LogP contribution >= 0.6 is 23.8 Å². The summed E-state index contributed by atoms with van der Waals surface area (Å²) in [6, 6.07) is 11.3. The van der Waals surface area contributed by atoms with Gasteiger partial charge in [-0.2, -0.15) is 0 Å². The summed E-state index contributed by atoms with van der Waals surface area (Å²) in [5.41, 5.74) is 0.885. The van der Waals surface area contributed by atoms with Gasteiger partial charge in [0.15, 0.2) is 5.11 Å². The fourth-order valence-electron chi connectivity index (χ4n) is 1.66. The van der Waals surface area contributed by atoms with Crippen LogP contribution in [0.1, 0.15) is 12.2 Å². The lowest BCUT2D eigenvalue weighted by Crippen LogP contribution is -2.29. The first-order valence-corrected chi connectivity index (χ1v) is 6.85. The molecule has 0 amide bonds. The quantitative estimate of drug-likeness (QED) is 0.649. The van der Waals surface area contributed by atoms with Crippen molar-refractivity contribution in [1.82, 2.24) is 5.32 Å². The molecular weight excluding hydrogens is 280 g/mol. The van der Waals surface area contributed by atoms with Crippen molar-refractivity contribution >= 4 is 34.6 Å². The molecule has 2 N–H and O–H groups in total. The van der Waals surface area contributed by atoms with E-state index < -0.39 is 0 Å². The van der Waals surface area contributed by atoms with Crippen LogP contribution in [0.15, 0.2) is 47.1 Å². The van der Waals surface area contributed by atoms with Crippen molar-refractivity contribution in [1.29, 1.82) is 0 Å². The minimum atomic E-state index is 0.599. The average Bonchev–Trinajstić information content (AvgIpc) is 2.88. The summed E-state index contributed by atoms with van der Waals surface area (Å²) in [5.74, 6) is 0.996. The molecule has 0 unspecified atom stereocenters. The van der Waals surface area contributed by atoms with Gasteiger partial charge in [-0.1, -0.05) is 17.7 Å². The van der Waals surface area contributed by atoms with Gasteiger partial charge in [-0.3, -0.25) is 0 Å². The molecule has 0 atom stereocenters. The second-order valence-electron chi connectivity index (χ2n) is 4.07. The van der Waals surface area contributed by atoms with Gasteiger partial charge in [-0.25, -0.2) is 0 Å². The van der Waals surface area contributed by atoms with Gasteiger partial charge in [-0.15, -0.1) is 0 Å². The Hall–Kier alpha value is -1.52. The minimum Gasteiger partial charge on any atom is -0.469 e. The van der Waals surface area contributed by atoms with E-state index in [1.807, 2.05) is 36.4 Å². The molecule has 0 saturated carbocycles. The van der Waals surface area contributed by atoms with Crippen molar-refractivity contribution in [2.24, 2.45) is 0 Å². The van der Waals surface area contributed by atoms with E-state index in [0.717, 1.165) is 30.8 Å². The summed E-state index contributed by atoms with van der Waals surface area (Å²) in [6.07, 6.45) is 3.55. The molecule has 2 aromatic rings. The van der Waals surface area contributed by atoms with Crippen molar-refractivity contribution in [2.75, 3.05) is 11.9 Å². The number of rotatable bonds is 5. The Bertz CT molecular complexity index is 528. The SMILES string of the molecule is S=C(NCCCc1ccco1)Nc1cccc(Cl)c1. The van der Waals surface area contributed by atoms with Crippen LogP contribution in [0.25, 0.3) is 0 Å². The number of aryl methyl sites for hydroxylation is 1. The van der Waals surface area contributed by atoms with Gasteiger partial charge in [0.05, 0.1) is 6.26 Å². The van der Waals surface area contributed by atoms with Crippen LogP contribution in [0, 0.1) is 0 Å². The highest BCUT2D eigenvalue weighted by molar-refractivity contribution is 7.80. The zero-order chi connectivity index (χ0) is 13.5. The van der Waals surface area contributed by atoms with Crippen LogP contribution in [0.4, 0.5) is 5.69 Å². The topological polar surface area (TPSA) is 37.2 Å². The Morgan fingerprint density at radius 2 is 2.16 bits per heavy atom. The Balaban J connectivity index is 1.67. The van der Waals surface area contributed by atoms with E-state index in [2.05, 4.69) is 10.6 Å². The second kappa shape index (κ2) is 7.16.